The summed E-state index contributed by atoms with van der Waals surface area (Å²) in [6.45, 7) is 0. The SMILES string of the molecule is O=C1c2cccc(Cl)c2C(=O)N1C1(C(=O)Cl)CCCCC1. The van der Waals surface area contributed by atoms with Crippen LogP contribution in [0.5, 0.6) is 0 Å². The fraction of sp³-hybridized carbons (Fsp3) is 0.400. The van der Waals surface area contributed by atoms with Gasteiger partial charge in [-0.25, -0.2) is 0 Å². The van der Waals surface area contributed by atoms with Crippen molar-refractivity contribution in [3.8, 4) is 0 Å². The van der Waals surface area contributed by atoms with Gasteiger partial charge in [0.25, 0.3) is 11.8 Å². The summed E-state index contributed by atoms with van der Waals surface area (Å²) in [6.07, 6.45) is 3.33. The monoisotopic (exact) mass is 325 g/mol. The number of rotatable bonds is 2. The minimum absolute atomic E-state index is 0.173. The lowest BCUT2D eigenvalue weighted by atomic mass is 9.81. The van der Waals surface area contributed by atoms with Crippen molar-refractivity contribution in [2.75, 3.05) is 0 Å². The highest BCUT2D eigenvalue weighted by Gasteiger charge is 2.53. The molecule has 1 fully saturated rings. The van der Waals surface area contributed by atoms with E-state index in [2.05, 4.69) is 0 Å². The molecule has 0 aromatic heterocycles. The second-order valence-corrected chi connectivity index (χ2v) is 6.22. The number of carbonyl (C=O) groups is 3. The van der Waals surface area contributed by atoms with Crippen LogP contribution in [0, 0.1) is 0 Å². The van der Waals surface area contributed by atoms with E-state index in [0.717, 1.165) is 24.2 Å². The largest absolute Gasteiger partial charge is 0.279 e. The van der Waals surface area contributed by atoms with Gasteiger partial charge >= 0.3 is 0 Å². The van der Waals surface area contributed by atoms with Gasteiger partial charge in [-0.05, 0) is 36.6 Å². The molecule has 0 unspecified atom stereocenters. The molecule has 0 atom stereocenters. The van der Waals surface area contributed by atoms with Gasteiger partial charge in [0.05, 0.1) is 16.1 Å². The topological polar surface area (TPSA) is 54.5 Å². The van der Waals surface area contributed by atoms with Crippen LogP contribution in [0.2, 0.25) is 5.02 Å². The number of halogens is 2. The Labute approximate surface area is 132 Å². The van der Waals surface area contributed by atoms with Crippen LogP contribution in [0.1, 0.15) is 52.8 Å². The lowest BCUT2D eigenvalue weighted by molar-refractivity contribution is -0.122. The Bertz CT molecular complexity index is 650. The van der Waals surface area contributed by atoms with Crippen molar-refractivity contribution in [2.45, 2.75) is 37.6 Å². The van der Waals surface area contributed by atoms with Gasteiger partial charge in [0, 0.05) is 0 Å². The maximum absolute atomic E-state index is 12.6. The summed E-state index contributed by atoms with van der Waals surface area (Å²) in [5, 5.41) is -0.422. The quantitative estimate of drug-likeness (QED) is 0.618. The minimum Gasteiger partial charge on any atom is -0.279 e. The van der Waals surface area contributed by atoms with E-state index >= 15 is 0 Å². The van der Waals surface area contributed by atoms with Crippen LogP contribution in [0.3, 0.4) is 0 Å². The zero-order valence-electron chi connectivity index (χ0n) is 11.2. The molecule has 4 nitrogen and oxygen atoms in total. The first-order valence-corrected chi connectivity index (χ1v) is 7.62. The molecule has 1 aliphatic heterocycles. The molecule has 2 amide bonds. The van der Waals surface area contributed by atoms with E-state index in [4.69, 9.17) is 23.2 Å². The van der Waals surface area contributed by atoms with Crippen LogP contribution in [0.15, 0.2) is 18.2 Å². The Balaban J connectivity index is 2.12. The molecule has 1 saturated carbocycles. The minimum atomic E-state index is -1.23. The van der Waals surface area contributed by atoms with Crippen LogP contribution in [-0.2, 0) is 4.79 Å². The molecule has 0 radical (unpaired) electrons. The zero-order chi connectivity index (χ0) is 15.2. The van der Waals surface area contributed by atoms with Crippen molar-refractivity contribution in [3.05, 3.63) is 34.3 Å². The average molecular weight is 326 g/mol. The van der Waals surface area contributed by atoms with Crippen molar-refractivity contribution in [3.63, 3.8) is 0 Å². The van der Waals surface area contributed by atoms with Crippen LogP contribution in [0.4, 0.5) is 0 Å². The Morgan fingerprint density at radius 1 is 1.10 bits per heavy atom. The van der Waals surface area contributed by atoms with Gasteiger partial charge < -0.3 is 0 Å². The summed E-state index contributed by atoms with van der Waals surface area (Å²) < 4.78 is 0. The van der Waals surface area contributed by atoms with Gasteiger partial charge in [0.1, 0.15) is 5.54 Å². The Hall–Kier alpha value is -1.39. The predicted octanol–water partition coefficient (Wildman–Crippen LogP) is 3.40. The number of hydrogen-bond acceptors (Lipinski definition) is 3. The van der Waals surface area contributed by atoms with E-state index in [0.29, 0.717) is 12.8 Å². The summed E-state index contributed by atoms with van der Waals surface area (Å²) in [4.78, 5) is 38.3. The third-order valence-electron chi connectivity index (χ3n) is 4.34. The van der Waals surface area contributed by atoms with Crippen molar-refractivity contribution >= 4 is 40.3 Å². The maximum Gasteiger partial charge on any atom is 0.264 e. The van der Waals surface area contributed by atoms with E-state index in [1.807, 2.05) is 0 Å². The molecule has 1 aromatic carbocycles. The molecule has 1 aliphatic carbocycles. The highest BCUT2D eigenvalue weighted by atomic mass is 35.5. The van der Waals surface area contributed by atoms with E-state index < -0.39 is 22.6 Å². The van der Waals surface area contributed by atoms with Gasteiger partial charge in [-0.1, -0.05) is 36.9 Å². The molecule has 110 valence electrons. The number of carbonyl (C=O) groups excluding carboxylic acids is 3. The Morgan fingerprint density at radius 3 is 2.33 bits per heavy atom. The standard InChI is InChI=1S/C15H13Cl2NO3/c16-10-6-4-5-9-11(10)13(20)18(12(9)19)15(14(17)21)7-2-1-3-8-15/h4-6H,1-3,7-8H2. The summed E-state index contributed by atoms with van der Waals surface area (Å²) in [6, 6.07) is 4.73. The summed E-state index contributed by atoms with van der Waals surface area (Å²) in [7, 11) is 0. The van der Waals surface area contributed by atoms with Crippen molar-refractivity contribution in [2.24, 2.45) is 0 Å². The lowest BCUT2D eigenvalue weighted by Gasteiger charge is -2.40. The molecular formula is C15H13Cl2NO3. The molecule has 0 saturated heterocycles. The molecule has 1 heterocycles. The van der Waals surface area contributed by atoms with Crippen LogP contribution < -0.4 is 0 Å². The van der Waals surface area contributed by atoms with E-state index in [-0.39, 0.29) is 16.1 Å². The predicted molar refractivity (Wildman–Crippen MR) is 78.6 cm³/mol. The number of nitrogens with zero attached hydrogens (tertiary/aromatic N) is 1. The van der Waals surface area contributed by atoms with Gasteiger partial charge in [0.15, 0.2) is 0 Å². The molecule has 6 heteroatoms. The third kappa shape index (κ3) is 2.00. The Kier molecular flexibility index (Phi) is 3.54. The van der Waals surface area contributed by atoms with Gasteiger partial charge in [-0.3, -0.25) is 19.3 Å². The molecule has 0 bridgehead atoms. The second-order valence-electron chi connectivity index (χ2n) is 5.47. The Morgan fingerprint density at radius 2 is 1.76 bits per heavy atom. The van der Waals surface area contributed by atoms with Crippen molar-refractivity contribution in [1.29, 1.82) is 0 Å². The number of imide groups is 1. The molecule has 21 heavy (non-hydrogen) atoms. The van der Waals surface area contributed by atoms with Gasteiger partial charge in [-0.2, -0.15) is 0 Å². The highest BCUT2D eigenvalue weighted by Crippen LogP contribution is 2.41. The average Bonchev–Trinajstić information content (AvgIpc) is 2.73. The second kappa shape index (κ2) is 5.11. The number of amides is 2. The molecular weight excluding hydrogens is 313 g/mol. The van der Waals surface area contributed by atoms with Gasteiger partial charge in [-0.15, -0.1) is 0 Å². The van der Waals surface area contributed by atoms with Crippen LogP contribution >= 0.6 is 23.2 Å². The highest BCUT2D eigenvalue weighted by molar-refractivity contribution is 6.66. The molecule has 0 N–H and O–H groups in total. The molecule has 1 aromatic rings. The lowest BCUT2D eigenvalue weighted by Crippen LogP contribution is -2.56. The third-order valence-corrected chi connectivity index (χ3v) is 5.01. The van der Waals surface area contributed by atoms with E-state index in [1.165, 1.54) is 0 Å². The molecule has 0 spiro atoms. The summed E-state index contributed by atoms with van der Waals surface area (Å²) in [5.41, 5.74) is -0.807. The van der Waals surface area contributed by atoms with E-state index in [1.54, 1.807) is 18.2 Å². The number of fused-ring (bicyclic) bond motifs is 1. The summed E-state index contributed by atoms with van der Waals surface area (Å²) >= 11 is 11.8. The van der Waals surface area contributed by atoms with E-state index in [9.17, 15) is 14.4 Å². The zero-order valence-corrected chi connectivity index (χ0v) is 12.7. The van der Waals surface area contributed by atoms with Crippen molar-refractivity contribution in [1.82, 2.24) is 4.90 Å². The van der Waals surface area contributed by atoms with Crippen molar-refractivity contribution < 1.29 is 14.4 Å². The molecule has 2 aliphatic rings. The fourth-order valence-corrected chi connectivity index (χ4v) is 3.81. The van der Waals surface area contributed by atoms with Crippen LogP contribution in [0.25, 0.3) is 0 Å². The number of hydrogen-bond donors (Lipinski definition) is 0. The first-order valence-electron chi connectivity index (χ1n) is 6.86. The first-order chi connectivity index (χ1) is 9.99. The fourth-order valence-electron chi connectivity index (χ4n) is 3.28. The summed E-state index contributed by atoms with van der Waals surface area (Å²) in [5.74, 6) is -0.995. The van der Waals surface area contributed by atoms with Crippen LogP contribution in [-0.4, -0.2) is 27.5 Å². The van der Waals surface area contributed by atoms with Gasteiger partial charge in [0.2, 0.25) is 5.24 Å². The maximum atomic E-state index is 12.6. The first kappa shape index (κ1) is 14.5. The molecule has 3 rings (SSSR count). The smallest absolute Gasteiger partial charge is 0.264 e. The normalized spacial score (nSPS) is 20.6. The number of benzene rings is 1.